The number of nitrogens with one attached hydrogen (secondary N) is 2. The van der Waals surface area contributed by atoms with Gasteiger partial charge in [0.15, 0.2) is 0 Å². The second kappa shape index (κ2) is 5.79. The van der Waals surface area contributed by atoms with Crippen molar-refractivity contribution in [3.63, 3.8) is 0 Å². The maximum atomic E-state index is 6.26. The zero-order valence-electron chi connectivity index (χ0n) is 11.4. The van der Waals surface area contributed by atoms with E-state index in [-0.39, 0.29) is 0 Å². The molecule has 0 unspecified atom stereocenters. The van der Waals surface area contributed by atoms with Crippen LogP contribution in [0.4, 0.5) is 17.5 Å². The third-order valence-electron chi connectivity index (χ3n) is 2.92. The van der Waals surface area contributed by atoms with Crippen LogP contribution in [-0.4, -0.2) is 17.0 Å². The normalized spacial score (nSPS) is 10.9. The van der Waals surface area contributed by atoms with Gasteiger partial charge in [0, 0.05) is 16.4 Å². The van der Waals surface area contributed by atoms with Gasteiger partial charge in [0.1, 0.15) is 10.6 Å². The number of rotatable bonds is 3. The zero-order chi connectivity index (χ0) is 15.0. The minimum absolute atomic E-state index is 0.583. The van der Waals surface area contributed by atoms with Gasteiger partial charge >= 0.3 is 0 Å². The van der Waals surface area contributed by atoms with Gasteiger partial charge in [0.2, 0.25) is 5.95 Å². The molecular weight excluding hydrogens is 372 g/mol. The highest BCUT2D eigenvalue weighted by Crippen LogP contribution is 2.33. The van der Waals surface area contributed by atoms with Crippen molar-refractivity contribution < 1.29 is 0 Å². The number of anilines is 3. The molecule has 21 heavy (non-hydrogen) atoms. The van der Waals surface area contributed by atoms with Crippen LogP contribution in [0.25, 0.3) is 10.2 Å². The van der Waals surface area contributed by atoms with Crippen molar-refractivity contribution in [3.8, 4) is 0 Å². The highest BCUT2D eigenvalue weighted by molar-refractivity contribution is 9.10. The Labute approximate surface area is 139 Å². The second-order valence-electron chi connectivity index (χ2n) is 4.47. The summed E-state index contributed by atoms with van der Waals surface area (Å²) in [7, 11) is 1.80. The molecule has 0 saturated carbocycles. The highest BCUT2D eigenvalue weighted by Gasteiger charge is 2.11. The van der Waals surface area contributed by atoms with Crippen molar-refractivity contribution >= 4 is 66.5 Å². The Hall–Kier alpha value is -1.37. The smallest absolute Gasteiger partial charge is 0.225 e. The van der Waals surface area contributed by atoms with Crippen LogP contribution in [0.15, 0.2) is 28.7 Å². The zero-order valence-corrected chi connectivity index (χ0v) is 14.5. The molecule has 2 N–H and O–H groups in total. The molecule has 0 amide bonds. The number of aryl methyl sites for hydroxylation is 1. The third-order valence-corrected chi connectivity index (χ3v) is 4.67. The topological polar surface area (TPSA) is 49.8 Å². The summed E-state index contributed by atoms with van der Waals surface area (Å²) in [6, 6.07) is 7.78. The first kappa shape index (κ1) is 14.6. The first-order valence-corrected chi connectivity index (χ1v) is 8.23. The van der Waals surface area contributed by atoms with Gasteiger partial charge < -0.3 is 10.6 Å². The van der Waals surface area contributed by atoms with E-state index >= 15 is 0 Å². The van der Waals surface area contributed by atoms with Gasteiger partial charge in [-0.3, -0.25) is 0 Å². The Morgan fingerprint density at radius 3 is 2.76 bits per heavy atom. The molecule has 7 heteroatoms. The number of hydrogen-bond acceptors (Lipinski definition) is 5. The van der Waals surface area contributed by atoms with Crippen molar-refractivity contribution in [3.05, 3.63) is 38.6 Å². The van der Waals surface area contributed by atoms with Crippen LogP contribution in [0.2, 0.25) is 5.02 Å². The standard InChI is InChI=1S/C14H12BrClN4S/c1-7-5-9-12(19-14(17-2)20-13(9)21-7)18-11-4-3-8(15)6-10(11)16/h3-6H,1-2H3,(H2,17,18,19,20). The van der Waals surface area contributed by atoms with Gasteiger partial charge in [0.25, 0.3) is 0 Å². The maximum Gasteiger partial charge on any atom is 0.225 e. The van der Waals surface area contributed by atoms with E-state index in [4.69, 9.17) is 11.6 Å². The molecule has 3 rings (SSSR count). The molecule has 0 aliphatic heterocycles. The van der Waals surface area contributed by atoms with E-state index in [1.165, 1.54) is 4.88 Å². The summed E-state index contributed by atoms with van der Waals surface area (Å²) in [6.07, 6.45) is 0. The van der Waals surface area contributed by atoms with Crippen LogP contribution < -0.4 is 10.6 Å². The SMILES string of the molecule is CNc1nc(Nc2ccc(Br)cc2Cl)c2cc(C)sc2n1. The van der Waals surface area contributed by atoms with Crippen LogP contribution in [0, 0.1) is 6.92 Å². The quantitative estimate of drug-likeness (QED) is 0.652. The lowest BCUT2D eigenvalue weighted by Crippen LogP contribution is -2.01. The fourth-order valence-electron chi connectivity index (χ4n) is 1.97. The van der Waals surface area contributed by atoms with Gasteiger partial charge in [-0.25, -0.2) is 4.98 Å². The minimum atomic E-state index is 0.583. The van der Waals surface area contributed by atoms with Gasteiger partial charge in [-0.2, -0.15) is 4.98 Å². The summed E-state index contributed by atoms with van der Waals surface area (Å²) in [5, 5.41) is 7.90. The first-order valence-electron chi connectivity index (χ1n) is 6.25. The Morgan fingerprint density at radius 2 is 2.05 bits per heavy atom. The maximum absolute atomic E-state index is 6.26. The first-order chi connectivity index (χ1) is 10.1. The molecule has 3 aromatic rings. The largest absolute Gasteiger partial charge is 0.357 e. The van der Waals surface area contributed by atoms with E-state index in [0.29, 0.717) is 11.0 Å². The van der Waals surface area contributed by atoms with E-state index in [0.717, 1.165) is 26.2 Å². The summed E-state index contributed by atoms with van der Waals surface area (Å²) in [5.74, 6) is 1.33. The third kappa shape index (κ3) is 2.97. The summed E-state index contributed by atoms with van der Waals surface area (Å²) >= 11 is 11.3. The molecule has 0 bridgehead atoms. The molecule has 2 heterocycles. The Balaban J connectivity index is 2.10. The molecule has 0 aliphatic carbocycles. The number of hydrogen-bond donors (Lipinski definition) is 2. The fourth-order valence-corrected chi connectivity index (χ4v) is 3.57. The molecule has 0 fully saturated rings. The van der Waals surface area contributed by atoms with Gasteiger partial charge in [-0.1, -0.05) is 27.5 Å². The van der Waals surface area contributed by atoms with Crippen LogP contribution in [0.1, 0.15) is 4.88 Å². The predicted molar refractivity (Wildman–Crippen MR) is 94.1 cm³/mol. The molecule has 2 aromatic heterocycles. The molecule has 0 radical (unpaired) electrons. The molecule has 4 nitrogen and oxygen atoms in total. The second-order valence-corrected chi connectivity index (χ2v) is 7.03. The fraction of sp³-hybridized carbons (Fsp3) is 0.143. The van der Waals surface area contributed by atoms with Crippen molar-refractivity contribution in [2.45, 2.75) is 6.92 Å². The molecular formula is C14H12BrClN4S. The van der Waals surface area contributed by atoms with Gasteiger partial charge in [0.05, 0.1) is 16.1 Å². The van der Waals surface area contributed by atoms with Crippen molar-refractivity contribution in [2.75, 3.05) is 17.7 Å². The Kier molecular flexibility index (Phi) is 4.01. The van der Waals surface area contributed by atoms with Gasteiger partial charge in [-0.05, 0) is 31.2 Å². The number of aromatic nitrogens is 2. The van der Waals surface area contributed by atoms with Gasteiger partial charge in [-0.15, -0.1) is 11.3 Å². The summed E-state index contributed by atoms with van der Waals surface area (Å²) < 4.78 is 0.938. The summed E-state index contributed by atoms with van der Waals surface area (Å²) in [6.45, 7) is 2.06. The van der Waals surface area contributed by atoms with Crippen LogP contribution in [0.5, 0.6) is 0 Å². The lowest BCUT2D eigenvalue weighted by Gasteiger charge is -2.10. The van der Waals surface area contributed by atoms with E-state index in [1.807, 2.05) is 18.2 Å². The number of halogens is 2. The van der Waals surface area contributed by atoms with Crippen molar-refractivity contribution in [2.24, 2.45) is 0 Å². The molecule has 108 valence electrons. The van der Waals surface area contributed by atoms with E-state index in [1.54, 1.807) is 18.4 Å². The predicted octanol–water partition coefficient (Wildman–Crippen LogP) is 5.20. The number of nitrogens with zero attached hydrogens (tertiary/aromatic N) is 2. The Morgan fingerprint density at radius 1 is 1.24 bits per heavy atom. The molecule has 0 spiro atoms. The van der Waals surface area contributed by atoms with Crippen LogP contribution >= 0.6 is 38.9 Å². The molecule has 0 atom stereocenters. The number of thiophene rings is 1. The number of fused-ring (bicyclic) bond motifs is 1. The average molecular weight is 384 g/mol. The van der Waals surface area contributed by atoms with E-state index in [2.05, 4.69) is 49.5 Å². The minimum Gasteiger partial charge on any atom is -0.357 e. The van der Waals surface area contributed by atoms with E-state index in [9.17, 15) is 0 Å². The lowest BCUT2D eigenvalue weighted by atomic mass is 10.3. The molecule has 0 aliphatic rings. The highest BCUT2D eigenvalue weighted by atomic mass is 79.9. The number of benzene rings is 1. The van der Waals surface area contributed by atoms with Crippen LogP contribution in [0.3, 0.4) is 0 Å². The van der Waals surface area contributed by atoms with Crippen molar-refractivity contribution in [1.29, 1.82) is 0 Å². The Bertz CT molecular complexity index is 818. The monoisotopic (exact) mass is 382 g/mol. The molecule has 1 aromatic carbocycles. The van der Waals surface area contributed by atoms with Crippen molar-refractivity contribution in [1.82, 2.24) is 9.97 Å². The summed E-state index contributed by atoms with van der Waals surface area (Å²) in [4.78, 5) is 11.1. The molecule has 0 saturated heterocycles. The van der Waals surface area contributed by atoms with E-state index < -0.39 is 0 Å². The lowest BCUT2D eigenvalue weighted by molar-refractivity contribution is 1.20. The average Bonchev–Trinajstić information content (AvgIpc) is 2.82. The van der Waals surface area contributed by atoms with Crippen LogP contribution in [-0.2, 0) is 0 Å². The summed E-state index contributed by atoms with van der Waals surface area (Å²) in [5.41, 5.74) is 0.811.